The molecular formula is C12H19NO3. The highest BCUT2D eigenvalue weighted by Gasteiger charge is 2.32. The molecule has 1 fully saturated rings. The van der Waals surface area contributed by atoms with Crippen LogP contribution < -0.4 is 5.32 Å². The van der Waals surface area contributed by atoms with Crippen LogP contribution >= 0.6 is 0 Å². The van der Waals surface area contributed by atoms with Crippen LogP contribution in [0.3, 0.4) is 0 Å². The van der Waals surface area contributed by atoms with Gasteiger partial charge in [0.25, 0.3) is 0 Å². The normalized spacial score (nSPS) is 24.0. The summed E-state index contributed by atoms with van der Waals surface area (Å²) in [7, 11) is 0. The Kier molecular flexibility index (Phi) is 5.02. The highest BCUT2D eigenvalue weighted by molar-refractivity contribution is 5.76. The van der Waals surface area contributed by atoms with Crippen LogP contribution in [0.4, 0.5) is 0 Å². The van der Waals surface area contributed by atoms with Gasteiger partial charge in [-0.05, 0) is 25.2 Å². The zero-order valence-corrected chi connectivity index (χ0v) is 9.45. The van der Waals surface area contributed by atoms with Gasteiger partial charge in [0, 0.05) is 13.0 Å². The maximum Gasteiger partial charge on any atom is 0.306 e. The highest BCUT2D eigenvalue weighted by atomic mass is 16.4. The van der Waals surface area contributed by atoms with E-state index < -0.39 is 5.97 Å². The summed E-state index contributed by atoms with van der Waals surface area (Å²) in [6.07, 6.45) is 5.40. The maximum atomic E-state index is 11.3. The number of amides is 1. The first-order valence-corrected chi connectivity index (χ1v) is 5.75. The fourth-order valence-corrected chi connectivity index (χ4v) is 2.17. The van der Waals surface area contributed by atoms with Gasteiger partial charge in [0.1, 0.15) is 0 Å². The van der Waals surface area contributed by atoms with Gasteiger partial charge in [-0.3, -0.25) is 9.59 Å². The van der Waals surface area contributed by atoms with Gasteiger partial charge in [-0.2, -0.15) is 0 Å². The van der Waals surface area contributed by atoms with Crippen LogP contribution in [0.1, 0.15) is 32.1 Å². The number of aliphatic carboxylic acids is 1. The Labute approximate surface area is 95.7 Å². The van der Waals surface area contributed by atoms with Gasteiger partial charge in [0.05, 0.1) is 5.92 Å². The number of rotatable bonds is 6. The third kappa shape index (κ3) is 3.68. The van der Waals surface area contributed by atoms with Crippen LogP contribution in [-0.2, 0) is 9.59 Å². The summed E-state index contributed by atoms with van der Waals surface area (Å²) in [5, 5.41) is 11.8. The summed E-state index contributed by atoms with van der Waals surface area (Å²) in [5.74, 6) is -0.927. The van der Waals surface area contributed by atoms with Crippen LogP contribution in [-0.4, -0.2) is 23.5 Å². The molecule has 1 saturated carbocycles. The predicted molar refractivity (Wildman–Crippen MR) is 60.9 cm³/mol. The molecule has 0 aromatic carbocycles. The number of carboxylic acids is 1. The molecule has 0 aromatic rings. The van der Waals surface area contributed by atoms with Crippen molar-refractivity contribution in [3.8, 4) is 0 Å². The van der Waals surface area contributed by atoms with Gasteiger partial charge < -0.3 is 10.4 Å². The predicted octanol–water partition coefficient (Wildman–Crippen LogP) is 1.57. The second-order valence-electron chi connectivity index (χ2n) is 4.27. The minimum atomic E-state index is -0.733. The molecule has 0 spiro atoms. The van der Waals surface area contributed by atoms with E-state index >= 15 is 0 Å². The van der Waals surface area contributed by atoms with E-state index in [4.69, 9.17) is 5.11 Å². The van der Waals surface area contributed by atoms with Crippen LogP contribution in [0.2, 0.25) is 0 Å². The fraction of sp³-hybridized carbons (Fsp3) is 0.667. The first kappa shape index (κ1) is 12.7. The number of carbonyl (C=O) groups excluding carboxylic acids is 1. The van der Waals surface area contributed by atoms with Crippen LogP contribution in [0.25, 0.3) is 0 Å². The third-order valence-corrected chi connectivity index (χ3v) is 3.11. The average molecular weight is 225 g/mol. The standard InChI is InChI=1S/C12H19NO3/c1-2-3-7-11(14)13-8-9-5-4-6-10(9)12(15)16/h2,9-10H,1,3-8H2,(H,13,14)(H,15,16). The molecule has 0 bridgehead atoms. The molecular weight excluding hydrogens is 206 g/mol. The lowest BCUT2D eigenvalue weighted by Gasteiger charge is -2.16. The Morgan fingerprint density at radius 2 is 2.19 bits per heavy atom. The van der Waals surface area contributed by atoms with Gasteiger partial charge in [0.15, 0.2) is 0 Å². The van der Waals surface area contributed by atoms with Crippen molar-refractivity contribution in [3.63, 3.8) is 0 Å². The first-order valence-electron chi connectivity index (χ1n) is 5.75. The van der Waals surface area contributed by atoms with Crippen molar-refractivity contribution >= 4 is 11.9 Å². The highest BCUT2D eigenvalue weighted by Crippen LogP contribution is 2.31. The lowest BCUT2D eigenvalue weighted by Crippen LogP contribution is -2.32. The summed E-state index contributed by atoms with van der Waals surface area (Å²) < 4.78 is 0. The van der Waals surface area contributed by atoms with Crippen molar-refractivity contribution < 1.29 is 14.7 Å². The van der Waals surface area contributed by atoms with Crippen molar-refractivity contribution in [2.45, 2.75) is 32.1 Å². The minimum absolute atomic E-state index is 0.0176. The van der Waals surface area contributed by atoms with Crippen molar-refractivity contribution in [1.82, 2.24) is 5.32 Å². The Hall–Kier alpha value is -1.32. The summed E-state index contributed by atoms with van der Waals surface area (Å²) in [6.45, 7) is 4.04. The van der Waals surface area contributed by atoms with Crippen molar-refractivity contribution in [3.05, 3.63) is 12.7 Å². The van der Waals surface area contributed by atoms with E-state index in [2.05, 4.69) is 11.9 Å². The number of carbonyl (C=O) groups is 2. The molecule has 0 aromatic heterocycles. The van der Waals surface area contributed by atoms with Crippen LogP contribution in [0.15, 0.2) is 12.7 Å². The second kappa shape index (κ2) is 6.30. The molecule has 1 aliphatic carbocycles. The number of carboxylic acid groups (broad SMARTS) is 1. The Bertz CT molecular complexity index is 275. The number of hydrogen-bond acceptors (Lipinski definition) is 2. The van der Waals surface area contributed by atoms with Crippen molar-refractivity contribution in [2.24, 2.45) is 11.8 Å². The summed E-state index contributed by atoms with van der Waals surface area (Å²) in [5.41, 5.74) is 0. The molecule has 4 nitrogen and oxygen atoms in total. The lowest BCUT2D eigenvalue weighted by molar-refractivity contribution is -0.143. The van der Waals surface area contributed by atoms with Gasteiger partial charge in [-0.15, -0.1) is 6.58 Å². The van der Waals surface area contributed by atoms with E-state index in [1.807, 2.05) is 0 Å². The Balaban J connectivity index is 2.28. The fourth-order valence-electron chi connectivity index (χ4n) is 2.17. The van der Waals surface area contributed by atoms with Gasteiger partial charge in [0.2, 0.25) is 5.91 Å². The van der Waals surface area contributed by atoms with E-state index in [9.17, 15) is 9.59 Å². The molecule has 90 valence electrons. The maximum absolute atomic E-state index is 11.3. The molecule has 16 heavy (non-hydrogen) atoms. The minimum Gasteiger partial charge on any atom is -0.481 e. The third-order valence-electron chi connectivity index (χ3n) is 3.11. The Morgan fingerprint density at radius 3 is 2.81 bits per heavy atom. The SMILES string of the molecule is C=CCCC(=O)NCC1CCCC1C(=O)O. The van der Waals surface area contributed by atoms with Crippen molar-refractivity contribution in [1.29, 1.82) is 0 Å². The lowest BCUT2D eigenvalue weighted by atomic mass is 9.96. The van der Waals surface area contributed by atoms with E-state index in [1.165, 1.54) is 0 Å². The molecule has 0 heterocycles. The second-order valence-corrected chi connectivity index (χ2v) is 4.27. The zero-order chi connectivity index (χ0) is 12.0. The van der Waals surface area contributed by atoms with Gasteiger partial charge in [-0.1, -0.05) is 12.5 Å². The Morgan fingerprint density at radius 1 is 1.44 bits per heavy atom. The molecule has 0 aliphatic heterocycles. The molecule has 2 atom stereocenters. The average Bonchev–Trinajstić information content (AvgIpc) is 2.71. The van der Waals surface area contributed by atoms with Crippen molar-refractivity contribution in [2.75, 3.05) is 6.54 Å². The topological polar surface area (TPSA) is 66.4 Å². The molecule has 1 amide bonds. The molecule has 1 aliphatic rings. The summed E-state index contributed by atoms with van der Waals surface area (Å²) in [6, 6.07) is 0. The molecule has 0 radical (unpaired) electrons. The number of nitrogens with one attached hydrogen (secondary N) is 1. The smallest absolute Gasteiger partial charge is 0.306 e. The van der Waals surface area contributed by atoms with Crippen LogP contribution in [0, 0.1) is 11.8 Å². The van der Waals surface area contributed by atoms with E-state index in [0.29, 0.717) is 19.4 Å². The first-order chi connectivity index (χ1) is 7.65. The molecule has 1 rings (SSSR count). The van der Waals surface area contributed by atoms with Crippen LogP contribution in [0.5, 0.6) is 0 Å². The number of allylic oxidation sites excluding steroid dienone is 1. The zero-order valence-electron chi connectivity index (χ0n) is 9.45. The van der Waals surface area contributed by atoms with E-state index in [-0.39, 0.29) is 17.7 Å². The van der Waals surface area contributed by atoms with Gasteiger partial charge >= 0.3 is 5.97 Å². The molecule has 2 unspecified atom stereocenters. The molecule has 0 saturated heterocycles. The molecule has 4 heteroatoms. The number of hydrogen-bond donors (Lipinski definition) is 2. The largest absolute Gasteiger partial charge is 0.481 e. The van der Waals surface area contributed by atoms with E-state index in [0.717, 1.165) is 19.3 Å². The molecule has 2 N–H and O–H groups in total. The van der Waals surface area contributed by atoms with E-state index in [1.54, 1.807) is 6.08 Å². The summed E-state index contributed by atoms with van der Waals surface area (Å²) in [4.78, 5) is 22.2. The summed E-state index contributed by atoms with van der Waals surface area (Å²) >= 11 is 0. The quantitative estimate of drug-likeness (QED) is 0.674. The monoisotopic (exact) mass is 225 g/mol. The van der Waals surface area contributed by atoms with Gasteiger partial charge in [-0.25, -0.2) is 0 Å².